The summed E-state index contributed by atoms with van der Waals surface area (Å²) in [5.41, 5.74) is 2.00. The van der Waals surface area contributed by atoms with Crippen molar-refractivity contribution >= 4 is 23.5 Å². The predicted octanol–water partition coefficient (Wildman–Crippen LogP) is 3.94. The lowest BCUT2D eigenvalue weighted by Gasteiger charge is -2.20. The lowest BCUT2D eigenvalue weighted by atomic mass is 10.1. The molecule has 1 heterocycles. The molecule has 0 spiro atoms. The monoisotopic (exact) mass is 387 g/mol. The molecule has 0 saturated carbocycles. The first-order valence-corrected chi connectivity index (χ1v) is 9.38. The fourth-order valence-corrected chi connectivity index (χ4v) is 3.28. The molecule has 0 aromatic heterocycles. The summed E-state index contributed by atoms with van der Waals surface area (Å²) in [5, 5.41) is 0.408. The molecule has 0 unspecified atom stereocenters. The summed E-state index contributed by atoms with van der Waals surface area (Å²) >= 11 is 6.27. The van der Waals surface area contributed by atoms with Crippen molar-refractivity contribution in [3.05, 3.63) is 53.6 Å². The summed E-state index contributed by atoms with van der Waals surface area (Å²) in [6, 6.07) is 15.2. The summed E-state index contributed by atoms with van der Waals surface area (Å²) in [6.07, 6.45) is 1.18. The molecule has 1 fully saturated rings. The molecule has 2 aromatic rings. The Morgan fingerprint density at radius 1 is 1.07 bits per heavy atom. The summed E-state index contributed by atoms with van der Waals surface area (Å²) < 4.78 is 10.6. The molecule has 1 aliphatic heterocycles. The first-order valence-electron chi connectivity index (χ1n) is 9.00. The molecular weight excluding hydrogens is 366 g/mol. The third-order valence-electron chi connectivity index (χ3n) is 4.46. The second-order valence-corrected chi connectivity index (χ2v) is 6.87. The average Bonchev–Trinajstić information content (AvgIpc) is 3.21. The second-order valence-electron chi connectivity index (χ2n) is 6.46. The maximum Gasteiger partial charge on any atom is 0.344 e. The minimum absolute atomic E-state index is 0.161. The van der Waals surface area contributed by atoms with Crippen molar-refractivity contribution in [3.8, 4) is 16.9 Å². The fourth-order valence-electron chi connectivity index (χ4n) is 3.04. The van der Waals surface area contributed by atoms with Crippen LogP contribution in [0.2, 0.25) is 5.02 Å². The molecule has 142 valence electrons. The highest BCUT2D eigenvalue weighted by Gasteiger charge is 2.26. The van der Waals surface area contributed by atoms with E-state index in [-0.39, 0.29) is 12.5 Å². The minimum Gasteiger partial charge on any atom is -0.480 e. The number of hydrogen-bond donors (Lipinski definition) is 0. The van der Waals surface area contributed by atoms with Gasteiger partial charge >= 0.3 is 5.97 Å². The number of halogens is 1. The Bertz CT molecular complexity index is 803. The van der Waals surface area contributed by atoms with Gasteiger partial charge in [0.2, 0.25) is 0 Å². The molecule has 6 heteroatoms. The van der Waals surface area contributed by atoms with Gasteiger partial charge < -0.3 is 14.4 Å². The molecule has 0 aliphatic carbocycles. The van der Waals surface area contributed by atoms with E-state index in [2.05, 4.69) is 0 Å². The topological polar surface area (TPSA) is 55.8 Å². The smallest absolute Gasteiger partial charge is 0.344 e. The van der Waals surface area contributed by atoms with Gasteiger partial charge in [-0.05, 0) is 43.0 Å². The number of nitrogens with zero attached hydrogens (tertiary/aromatic N) is 1. The Labute approximate surface area is 163 Å². The van der Waals surface area contributed by atoms with Gasteiger partial charge in [0.15, 0.2) is 12.7 Å². The molecule has 2 aromatic carbocycles. The molecule has 1 amide bonds. The molecule has 0 N–H and O–H groups in total. The number of carbonyl (C=O) groups is 2. The summed E-state index contributed by atoms with van der Waals surface area (Å²) in [5.74, 6) is -0.365. The second kappa shape index (κ2) is 8.91. The van der Waals surface area contributed by atoms with Gasteiger partial charge in [0.05, 0.1) is 5.02 Å². The van der Waals surface area contributed by atoms with Crippen LogP contribution in [0, 0.1) is 0 Å². The fraction of sp³-hybridized carbons (Fsp3) is 0.333. The van der Waals surface area contributed by atoms with Crippen LogP contribution < -0.4 is 4.74 Å². The minimum atomic E-state index is -0.810. The zero-order chi connectivity index (χ0) is 19.2. The third kappa shape index (κ3) is 5.01. The van der Waals surface area contributed by atoms with E-state index in [0.717, 1.165) is 37.1 Å². The zero-order valence-electron chi connectivity index (χ0n) is 15.2. The van der Waals surface area contributed by atoms with Crippen molar-refractivity contribution < 1.29 is 19.1 Å². The van der Waals surface area contributed by atoms with Crippen LogP contribution in [0.3, 0.4) is 0 Å². The van der Waals surface area contributed by atoms with Crippen molar-refractivity contribution in [1.82, 2.24) is 4.90 Å². The molecule has 5 nitrogen and oxygen atoms in total. The highest BCUT2D eigenvalue weighted by Crippen LogP contribution is 2.30. The standard InChI is InChI=1S/C21H22ClNO4/c1-15(21(25)23-11-5-6-12-23)27-20(24)14-26-19-10-9-17(13-18(19)22)16-7-3-2-4-8-16/h2-4,7-10,13,15H,5-6,11-12,14H2,1H3/t15-/m1/s1. The Morgan fingerprint density at radius 2 is 1.78 bits per heavy atom. The van der Waals surface area contributed by atoms with Crippen molar-refractivity contribution in [2.45, 2.75) is 25.9 Å². The lowest BCUT2D eigenvalue weighted by Crippen LogP contribution is -2.38. The maximum absolute atomic E-state index is 12.2. The Morgan fingerprint density at radius 3 is 2.44 bits per heavy atom. The van der Waals surface area contributed by atoms with E-state index in [1.54, 1.807) is 24.0 Å². The quantitative estimate of drug-likeness (QED) is 0.704. The molecule has 27 heavy (non-hydrogen) atoms. The van der Waals surface area contributed by atoms with Gasteiger partial charge in [0, 0.05) is 13.1 Å². The molecule has 1 aliphatic rings. The van der Waals surface area contributed by atoms with Gasteiger partial charge in [-0.2, -0.15) is 0 Å². The summed E-state index contributed by atoms with van der Waals surface area (Å²) in [4.78, 5) is 25.9. The predicted molar refractivity (Wildman–Crippen MR) is 104 cm³/mol. The molecule has 0 radical (unpaired) electrons. The number of amides is 1. The van der Waals surface area contributed by atoms with Gasteiger partial charge in [-0.3, -0.25) is 4.79 Å². The Hall–Kier alpha value is -2.53. The van der Waals surface area contributed by atoms with Crippen LogP contribution in [0.15, 0.2) is 48.5 Å². The van der Waals surface area contributed by atoms with Crippen LogP contribution in [0.4, 0.5) is 0 Å². The lowest BCUT2D eigenvalue weighted by molar-refractivity contribution is -0.160. The van der Waals surface area contributed by atoms with Crippen molar-refractivity contribution in [3.63, 3.8) is 0 Å². The van der Waals surface area contributed by atoms with E-state index in [0.29, 0.717) is 10.8 Å². The summed E-state index contributed by atoms with van der Waals surface area (Å²) in [7, 11) is 0. The van der Waals surface area contributed by atoms with E-state index in [1.807, 2.05) is 36.4 Å². The maximum atomic E-state index is 12.2. The molecule has 0 bridgehead atoms. The normalized spacial score (nSPS) is 14.7. The third-order valence-corrected chi connectivity index (χ3v) is 4.75. The van der Waals surface area contributed by atoms with Gasteiger partial charge in [0.25, 0.3) is 5.91 Å². The summed E-state index contributed by atoms with van der Waals surface area (Å²) in [6.45, 7) is 2.73. The number of benzene rings is 2. The van der Waals surface area contributed by atoms with Gasteiger partial charge in [-0.1, -0.05) is 48.0 Å². The molecule has 1 saturated heterocycles. The number of likely N-dealkylation sites (tertiary alicyclic amines) is 1. The van der Waals surface area contributed by atoms with Gasteiger partial charge in [-0.25, -0.2) is 4.79 Å². The van der Waals surface area contributed by atoms with Gasteiger partial charge in [-0.15, -0.1) is 0 Å². The first kappa shape index (κ1) is 19.2. The number of esters is 1. The Kier molecular flexibility index (Phi) is 6.35. The number of carbonyl (C=O) groups excluding carboxylic acids is 2. The van der Waals surface area contributed by atoms with Crippen LogP contribution in [0.5, 0.6) is 5.75 Å². The van der Waals surface area contributed by atoms with E-state index in [4.69, 9.17) is 21.1 Å². The van der Waals surface area contributed by atoms with Crippen molar-refractivity contribution in [2.24, 2.45) is 0 Å². The SMILES string of the molecule is C[C@@H](OC(=O)COc1ccc(-c2ccccc2)cc1Cl)C(=O)N1CCCC1. The van der Waals surface area contributed by atoms with E-state index < -0.39 is 12.1 Å². The Balaban J connectivity index is 1.53. The largest absolute Gasteiger partial charge is 0.480 e. The molecule has 1 atom stereocenters. The van der Waals surface area contributed by atoms with E-state index in [9.17, 15) is 9.59 Å². The highest BCUT2D eigenvalue weighted by molar-refractivity contribution is 6.32. The highest BCUT2D eigenvalue weighted by atomic mass is 35.5. The van der Waals surface area contributed by atoms with Crippen molar-refractivity contribution in [2.75, 3.05) is 19.7 Å². The van der Waals surface area contributed by atoms with Crippen LogP contribution >= 0.6 is 11.6 Å². The molecular formula is C21H22ClNO4. The van der Waals surface area contributed by atoms with Crippen LogP contribution in [0.25, 0.3) is 11.1 Å². The number of rotatable bonds is 6. The average molecular weight is 388 g/mol. The van der Waals surface area contributed by atoms with E-state index >= 15 is 0 Å². The van der Waals surface area contributed by atoms with Crippen LogP contribution in [-0.4, -0.2) is 42.6 Å². The first-order chi connectivity index (χ1) is 13.0. The van der Waals surface area contributed by atoms with Gasteiger partial charge in [0.1, 0.15) is 5.75 Å². The molecule has 3 rings (SSSR count). The zero-order valence-corrected chi connectivity index (χ0v) is 15.9. The van der Waals surface area contributed by atoms with Crippen LogP contribution in [0.1, 0.15) is 19.8 Å². The number of hydrogen-bond acceptors (Lipinski definition) is 4. The van der Waals surface area contributed by atoms with Crippen LogP contribution in [-0.2, 0) is 14.3 Å². The van der Waals surface area contributed by atoms with Crippen molar-refractivity contribution in [1.29, 1.82) is 0 Å². The van der Waals surface area contributed by atoms with E-state index in [1.165, 1.54) is 0 Å². The number of ether oxygens (including phenoxy) is 2.